The monoisotopic (exact) mass is 228 g/mol. The van der Waals surface area contributed by atoms with Gasteiger partial charge in [0.25, 0.3) is 0 Å². The molecule has 0 heteroatoms. The molecule has 16 heavy (non-hydrogen) atoms. The Hall–Kier alpha value is -0.520. The van der Waals surface area contributed by atoms with Crippen LogP contribution in [0.1, 0.15) is 76.2 Å². The van der Waals surface area contributed by atoms with E-state index >= 15 is 0 Å². The van der Waals surface area contributed by atoms with Crippen LogP contribution in [-0.4, -0.2) is 0 Å². The minimum absolute atomic E-state index is 0.676. The molecule has 100 valence electrons. The predicted molar refractivity (Wildman–Crippen MR) is 82.1 cm³/mol. The second kappa shape index (κ2) is 24.0. The van der Waals surface area contributed by atoms with Crippen LogP contribution in [0.2, 0.25) is 0 Å². The molecule has 0 aromatic rings. The zero-order valence-electron chi connectivity index (χ0n) is 13.7. The van der Waals surface area contributed by atoms with Gasteiger partial charge in [-0.05, 0) is 26.7 Å². The fourth-order valence-electron chi connectivity index (χ4n) is 0.491. The molecule has 0 bridgehead atoms. The Morgan fingerprint density at radius 3 is 1.19 bits per heavy atom. The molecule has 0 saturated heterocycles. The highest BCUT2D eigenvalue weighted by molar-refractivity contribution is 5.15. The van der Waals surface area contributed by atoms with Gasteiger partial charge in [0.15, 0.2) is 0 Å². The molecule has 0 aliphatic heterocycles. The zero-order chi connectivity index (χ0) is 14.1. The fraction of sp³-hybridized carbons (Fsp3) is 0.750. The molecular weight excluding hydrogens is 192 g/mol. The second-order valence-electron chi connectivity index (χ2n) is 3.31. The SMILES string of the molecule is CC.CC.CC.CC(C)=C/C=C(\C)C(C)C. The van der Waals surface area contributed by atoms with Crippen LogP contribution < -0.4 is 0 Å². The van der Waals surface area contributed by atoms with E-state index in [0.717, 1.165) is 0 Å². The van der Waals surface area contributed by atoms with Gasteiger partial charge in [-0.3, -0.25) is 0 Å². The van der Waals surface area contributed by atoms with E-state index in [4.69, 9.17) is 0 Å². The van der Waals surface area contributed by atoms with Crippen molar-refractivity contribution in [2.24, 2.45) is 5.92 Å². The lowest BCUT2D eigenvalue weighted by Crippen LogP contribution is -1.86. The van der Waals surface area contributed by atoms with E-state index in [2.05, 4.69) is 46.8 Å². The van der Waals surface area contributed by atoms with E-state index in [-0.39, 0.29) is 0 Å². The Kier molecular flexibility index (Phi) is 36.9. The first-order chi connectivity index (χ1) is 7.54. The maximum Gasteiger partial charge on any atom is -0.0260 e. The Morgan fingerprint density at radius 2 is 1.00 bits per heavy atom. The summed E-state index contributed by atoms with van der Waals surface area (Å²) in [5, 5.41) is 0. The van der Waals surface area contributed by atoms with Crippen molar-refractivity contribution in [1.29, 1.82) is 0 Å². The molecule has 0 aromatic carbocycles. The zero-order valence-corrected chi connectivity index (χ0v) is 13.7. The van der Waals surface area contributed by atoms with Gasteiger partial charge in [-0.25, -0.2) is 0 Å². The van der Waals surface area contributed by atoms with Gasteiger partial charge in [-0.2, -0.15) is 0 Å². The number of allylic oxidation sites excluding steroid dienone is 4. The lowest BCUT2D eigenvalue weighted by Gasteiger charge is -2.01. The Balaban J connectivity index is -0.000000103. The van der Waals surface area contributed by atoms with Gasteiger partial charge in [0.05, 0.1) is 0 Å². The van der Waals surface area contributed by atoms with Crippen LogP contribution in [0.5, 0.6) is 0 Å². The molecule has 0 saturated carbocycles. The maximum absolute atomic E-state index is 2.21. The minimum Gasteiger partial charge on any atom is -0.0764 e. The highest BCUT2D eigenvalue weighted by atomic mass is 14.0. The molecule has 0 aliphatic carbocycles. The average molecular weight is 228 g/mol. The average Bonchev–Trinajstić information content (AvgIpc) is 2.33. The van der Waals surface area contributed by atoms with Crippen molar-refractivity contribution in [3.63, 3.8) is 0 Å². The molecule has 0 atom stereocenters. The normalized spacial score (nSPS) is 8.62. The molecule has 0 spiro atoms. The molecule has 0 radical (unpaired) electrons. The Labute approximate surface area is 106 Å². The second-order valence-corrected chi connectivity index (χ2v) is 3.31. The van der Waals surface area contributed by atoms with Crippen LogP contribution in [0.3, 0.4) is 0 Å². The van der Waals surface area contributed by atoms with Gasteiger partial charge in [-0.15, -0.1) is 0 Å². The molecule has 0 aliphatic rings. The fourth-order valence-corrected chi connectivity index (χ4v) is 0.491. The highest BCUT2D eigenvalue weighted by Gasteiger charge is 1.92. The van der Waals surface area contributed by atoms with Crippen LogP contribution in [0.15, 0.2) is 23.3 Å². The predicted octanol–water partition coefficient (Wildman–Crippen LogP) is 6.63. The van der Waals surface area contributed by atoms with Crippen molar-refractivity contribution < 1.29 is 0 Å². The molecule has 0 amide bonds. The Bertz CT molecular complexity index is 143. The molecule has 0 N–H and O–H groups in total. The summed E-state index contributed by atoms with van der Waals surface area (Å²) in [7, 11) is 0. The minimum atomic E-state index is 0.676. The third-order valence-corrected chi connectivity index (χ3v) is 1.59. The lowest BCUT2D eigenvalue weighted by atomic mass is 10.0. The first kappa shape index (κ1) is 24.6. The van der Waals surface area contributed by atoms with Crippen molar-refractivity contribution in [2.45, 2.75) is 76.2 Å². The molecular formula is C16H36. The first-order valence-corrected chi connectivity index (χ1v) is 6.85. The summed E-state index contributed by atoms with van der Waals surface area (Å²) in [5.74, 6) is 0.676. The topological polar surface area (TPSA) is 0 Å². The standard InChI is InChI=1S/C10H18.3C2H6/c1-8(2)6-7-10(5)9(3)4;3*1-2/h6-7,9H,1-5H3;3*1-2H3/b10-7+;;;. The van der Waals surface area contributed by atoms with Crippen LogP contribution in [0, 0.1) is 5.92 Å². The summed E-state index contributed by atoms with van der Waals surface area (Å²) in [6.45, 7) is 22.8. The van der Waals surface area contributed by atoms with Gasteiger partial charge in [-0.1, -0.05) is 78.7 Å². The van der Waals surface area contributed by atoms with Crippen molar-refractivity contribution in [2.75, 3.05) is 0 Å². The summed E-state index contributed by atoms with van der Waals surface area (Å²) in [5.41, 5.74) is 2.81. The van der Waals surface area contributed by atoms with E-state index in [1.54, 1.807) is 0 Å². The quantitative estimate of drug-likeness (QED) is 0.465. The van der Waals surface area contributed by atoms with E-state index < -0.39 is 0 Å². The van der Waals surface area contributed by atoms with E-state index in [1.807, 2.05) is 41.5 Å². The van der Waals surface area contributed by atoms with Crippen LogP contribution >= 0.6 is 0 Å². The van der Waals surface area contributed by atoms with Gasteiger partial charge in [0.2, 0.25) is 0 Å². The van der Waals surface area contributed by atoms with Gasteiger partial charge in [0.1, 0.15) is 0 Å². The molecule has 0 fully saturated rings. The van der Waals surface area contributed by atoms with Crippen molar-refractivity contribution in [3.05, 3.63) is 23.3 Å². The summed E-state index contributed by atoms with van der Waals surface area (Å²) in [6.07, 6.45) is 4.36. The number of hydrogen-bond donors (Lipinski definition) is 0. The molecule has 0 nitrogen and oxygen atoms in total. The molecule has 0 aromatic heterocycles. The maximum atomic E-state index is 2.21. The van der Waals surface area contributed by atoms with E-state index in [0.29, 0.717) is 5.92 Å². The van der Waals surface area contributed by atoms with E-state index in [1.165, 1.54) is 11.1 Å². The van der Waals surface area contributed by atoms with Crippen LogP contribution in [0.25, 0.3) is 0 Å². The van der Waals surface area contributed by atoms with E-state index in [9.17, 15) is 0 Å². The van der Waals surface area contributed by atoms with Crippen molar-refractivity contribution >= 4 is 0 Å². The number of rotatable bonds is 2. The summed E-state index contributed by atoms with van der Waals surface area (Å²) in [6, 6.07) is 0. The lowest BCUT2D eigenvalue weighted by molar-refractivity contribution is 0.769. The summed E-state index contributed by atoms with van der Waals surface area (Å²) < 4.78 is 0. The third kappa shape index (κ3) is 29.2. The summed E-state index contributed by atoms with van der Waals surface area (Å²) >= 11 is 0. The van der Waals surface area contributed by atoms with Gasteiger partial charge < -0.3 is 0 Å². The Morgan fingerprint density at radius 1 is 0.688 bits per heavy atom. The largest absolute Gasteiger partial charge is 0.0764 e. The molecule has 0 unspecified atom stereocenters. The number of hydrogen-bond acceptors (Lipinski definition) is 0. The van der Waals surface area contributed by atoms with Gasteiger partial charge in [0, 0.05) is 0 Å². The summed E-state index contributed by atoms with van der Waals surface area (Å²) in [4.78, 5) is 0. The first-order valence-electron chi connectivity index (χ1n) is 6.85. The van der Waals surface area contributed by atoms with Crippen molar-refractivity contribution in [3.8, 4) is 0 Å². The molecule has 0 rings (SSSR count). The van der Waals surface area contributed by atoms with Gasteiger partial charge >= 0.3 is 0 Å². The van der Waals surface area contributed by atoms with Crippen LogP contribution in [0.4, 0.5) is 0 Å². The van der Waals surface area contributed by atoms with Crippen molar-refractivity contribution in [1.82, 2.24) is 0 Å². The van der Waals surface area contributed by atoms with Crippen LogP contribution in [-0.2, 0) is 0 Å². The third-order valence-electron chi connectivity index (χ3n) is 1.59. The smallest absolute Gasteiger partial charge is 0.0260 e. The molecule has 0 heterocycles. The highest BCUT2D eigenvalue weighted by Crippen LogP contribution is 2.08.